The zero-order valence-electron chi connectivity index (χ0n) is 29.9. The molecule has 0 radical (unpaired) electrons. The standard InChI is InChI=1S/C40H40FN7O6/c1-21-33(26-5-6-27(35(26)42-21)34-29-18-23(41)2-7-30(29)43-37(34)51)40(54)47-12-10-22(11-13-47)20-45-14-16-46(17-15-45)24-3-4-25-28(19-24)39(53)48(38(25)52)31-8-9-32(49)44-36(31)50/h2-4,7,18-19,22,31,42H,5-6,8-17,20H2,1H3,(H,43,51)(H,44,49,50)/b34-27-. The zero-order valence-corrected chi connectivity index (χ0v) is 29.9. The van der Waals surface area contributed by atoms with E-state index in [0.29, 0.717) is 54.2 Å². The maximum absolute atomic E-state index is 14.1. The predicted octanol–water partition coefficient (Wildman–Crippen LogP) is 3.35. The Morgan fingerprint density at radius 3 is 2.33 bits per heavy atom. The molecule has 9 rings (SSSR count). The van der Waals surface area contributed by atoms with Gasteiger partial charge in [-0.25, -0.2) is 4.39 Å². The zero-order chi connectivity index (χ0) is 37.4. The molecule has 6 amide bonds. The molecule has 6 heterocycles. The number of hydrogen-bond acceptors (Lipinski definition) is 8. The number of likely N-dealkylation sites (tertiary alicyclic amines) is 1. The number of aromatic nitrogens is 1. The molecular weight excluding hydrogens is 693 g/mol. The monoisotopic (exact) mass is 733 g/mol. The Morgan fingerprint density at radius 2 is 1.57 bits per heavy atom. The fourth-order valence-electron chi connectivity index (χ4n) is 9.22. The average molecular weight is 734 g/mol. The number of aromatic amines is 1. The molecule has 3 N–H and O–H groups in total. The summed E-state index contributed by atoms with van der Waals surface area (Å²) in [7, 11) is 0. The second kappa shape index (κ2) is 13.0. The van der Waals surface area contributed by atoms with Crippen LogP contribution in [-0.4, -0.2) is 107 Å². The highest BCUT2D eigenvalue weighted by atomic mass is 19.1. The highest BCUT2D eigenvalue weighted by molar-refractivity contribution is 6.37. The topological polar surface area (TPSA) is 155 Å². The number of carbonyl (C=O) groups is 6. The van der Waals surface area contributed by atoms with Crippen LogP contribution in [0.4, 0.5) is 15.8 Å². The molecule has 0 bridgehead atoms. The number of piperidine rings is 2. The third-order valence-electron chi connectivity index (χ3n) is 12.0. The van der Waals surface area contributed by atoms with Crippen LogP contribution in [0.3, 0.4) is 0 Å². The first kappa shape index (κ1) is 34.2. The molecule has 2 aromatic carbocycles. The minimum atomic E-state index is -0.989. The van der Waals surface area contributed by atoms with Gasteiger partial charge in [-0.1, -0.05) is 0 Å². The summed E-state index contributed by atoms with van der Waals surface area (Å²) in [5.41, 5.74) is 7.08. The molecule has 1 aliphatic carbocycles. The number of allylic oxidation sites excluding steroid dienone is 1. The summed E-state index contributed by atoms with van der Waals surface area (Å²) in [6.45, 7) is 7.38. The molecule has 0 spiro atoms. The van der Waals surface area contributed by atoms with Crippen LogP contribution in [-0.2, 0) is 20.8 Å². The summed E-state index contributed by atoms with van der Waals surface area (Å²) < 4.78 is 14.1. The van der Waals surface area contributed by atoms with Crippen molar-refractivity contribution in [3.63, 3.8) is 0 Å². The summed E-state index contributed by atoms with van der Waals surface area (Å²) >= 11 is 0. The van der Waals surface area contributed by atoms with Gasteiger partial charge in [-0.05, 0) is 92.5 Å². The second-order valence-electron chi connectivity index (χ2n) is 15.2. The van der Waals surface area contributed by atoms with Gasteiger partial charge in [0.2, 0.25) is 11.8 Å². The van der Waals surface area contributed by atoms with Gasteiger partial charge in [0.15, 0.2) is 0 Å². The van der Waals surface area contributed by atoms with Gasteiger partial charge < -0.3 is 20.1 Å². The Morgan fingerprint density at radius 1 is 0.815 bits per heavy atom. The van der Waals surface area contributed by atoms with Crippen LogP contribution < -0.4 is 15.5 Å². The van der Waals surface area contributed by atoms with Crippen molar-refractivity contribution in [3.05, 3.63) is 81.4 Å². The lowest BCUT2D eigenvalue weighted by molar-refractivity contribution is -0.136. The SMILES string of the molecule is Cc1[nH]c2c(c1C(=O)N1CCC(CN3CCN(c4ccc5c(c4)C(=O)N(C4CCC(=O)NC4=O)C5=O)CC3)CC1)CC/C2=C1/C(=O)Nc2ccc(F)cc21. The predicted molar refractivity (Wildman–Crippen MR) is 196 cm³/mol. The first-order valence-electron chi connectivity index (χ1n) is 18.7. The van der Waals surface area contributed by atoms with Gasteiger partial charge in [0.05, 0.1) is 22.3 Å². The van der Waals surface area contributed by atoms with E-state index in [4.69, 9.17) is 0 Å². The lowest BCUT2D eigenvalue weighted by Crippen LogP contribution is -2.54. The van der Waals surface area contributed by atoms with Crippen molar-refractivity contribution in [1.29, 1.82) is 0 Å². The van der Waals surface area contributed by atoms with Gasteiger partial charge in [-0.3, -0.25) is 43.9 Å². The molecule has 13 nitrogen and oxygen atoms in total. The highest BCUT2D eigenvalue weighted by Gasteiger charge is 2.45. The van der Waals surface area contributed by atoms with E-state index >= 15 is 0 Å². The third kappa shape index (κ3) is 5.62. The molecule has 3 aromatic rings. The van der Waals surface area contributed by atoms with Crippen molar-refractivity contribution in [1.82, 2.24) is 25.0 Å². The lowest BCUT2D eigenvalue weighted by Gasteiger charge is -2.39. The number of fused-ring (bicyclic) bond motifs is 3. The van der Waals surface area contributed by atoms with Crippen molar-refractivity contribution in [2.24, 2.45) is 5.92 Å². The molecule has 0 saturated carbocycles. The van der Waals surface area contributed by atoms with Gasteiger partial charge in [-0.15, -0.1) is 0 Å². The van der Waals surface area contributed by atoms with E-state index in [9.17, 15) is 33.2 Å². The lowest BCUT2D eigenvalue weighted by atomic mass is 9.95. The Labute approximate surface area is 310 Å². The number of halogens is 1. The molecule has 54 heavy (non-hydrogen) atoms. The number of carbonyl (C=O) groups excluding carboxylic acids is 6. The maximum Gasteiger partial charge on any atom is 0.262 e. The fraction of sp³-hybridized carbons (Fsp3) is 0.400. The van der Waals surface area contributed by atoms with Gasteiger partial charge in [0.1, 0.15) is 11.9 Å². The molecule has 278 valence electrons. The van der Waals surface area contributed by atoms with E-state index < -0.39 is 35.5 Å². The quantitative estimate of drug-likeness (QED) is 0.267. The van der Waals surface area contributed by atoms with Crippen molar-refractivity contribution >= 4 is 58.0 Å². The van der Waals surface area contributed by atoms with Crippen molar-refractivity contribution in [2.45, 2.75) is 51.5 Å². The Kier molecular flexibility index (Phi) is 8.25. The smallest absolute Gasteiger partial charge is 0.262 e. The number of nitrogens with one attached hydrogen (secondary N) is 3. The minimum absolute atomic E-state index is 0.0142. The molecule has 1 atom stereocenters. The summed E-state index contributed by atoms with van der Waals surface area (Å²) in [5.74, 6) is -2.22. The van der Waals surface area contributed by atoms with Crippen LogP contribution in [0.2, 0.25) is 0 Å². The van der Waals surface area contributed by atoms with Crippen LogP contribution in [0, 0.1) is 18.7 Å². The van der Waals surface area contributed by atoms with E-state index in [-0.39, 0.29) is 35.8 Å². The first-order chi connectivity index (χ1) is 26.0. The number of aryl methyl sites for hydroxylation is 1. The average Bonchev–Trinajstić information content (AvgIpc) is 3.87. The molecule has 3 saturated heterocycles. The Hall–Kier alpha value is -5.63. The molecule has 14 heteroatoms. The highest BCUT2D eigenvalue weighted by Crippen LogP contribution is 2.44. The number of piperazine rings is 1. The molecule has 1 aromatic heterocycles. The summed E-state index contributed by atoms with van der Waals surface area (Å²) in [4.78, 5) is 88.4. The number of hydrogen-bond donors (Lipinski definition) is 3. The number of nitrogens with zero attached hydrogens (tertiary/aromatic N) is 4. The fourth-order valence-corrected chi connectivity index (χ4v) is 9.22. The summed E-state index contributed by atoms with van der Waals surface area (Å²) in [5, 5.41) is 5.08. The minimum Gasteiger partial charge on any atom is -0.369 e. The van der Waals surface area contributed by atoms with Crippen molar-refractivity contribution in [2.75, 3.05) is 56.0 Å². The molecule has 5 aliphatic heterocycles. The van der Waals surface area contributed by atoms with E-state index in [1.54, 1.807) is 18.2 Å². The number of anilines is 2. The summed E-state index contributed by atoms with van der Waals surface area (Å²) in [6.07, 6.45) is 3.25. The molecule has 3 fully saturated rings. The van der Waals surface area contributed by atoms with E-state index in [1.807, 2.05) is 17.9 Å². The van der Waals surface area contributed by atoms with Gasteiger partial charge in [0.25, 0.3) is 23.6 Å². The normalized spacial score (nSPS) is 23.2. The van der Waals surface area contributed by atoms with Gasteiger partial charge in [0, 0.05) is 80.6 Å². The number of H-pyrrole nitrogens is 1. The Balaban J connectivity index is 0.798. The van der Waals surface area contributed by atoms with Gasteiger partial charge in [-0.2, -0.15) is 0 Å². The molecule has 6 aliphatic rings. The largest absolute Gasteiger partial charge is 0.369 e. The van der Waals surface area contributed by atoms with E-state index in [0.717, 1.165) is 78.7 Å². The van der Waals surface area contributed by atoms with Gasteiger partial charge >= 0.3 is 0 Å². The second-order valence-corrected chi connectivity index (χ2v) is 15.2. The molecule has 1 unspecified atom stereocenters. The van der Waals surface area contributed by atoms with Crippen LogP contribution in [0.1, 0.15) is 85.7 Å². The van der Waals surface area contributed by atoms with Crippen LogP contribution >= 0.6 is 0 Å². The van der Waals surface area contributed by atoms with Crippen molar-refractivity contribution < 1.29 is 33.2 Å². The maximum atomic E-state index is 14.1. The van der Waals surface area contributed by atoms with E-state index in [1.165, 1.54) is 12.1 Å². The summed E-state index contributed by atoms with van der Waals surface area (Å²) in [6, 6.07) is 8.57. The number of benzene rings is 2. The number of rotatable bonds is 5. The first-order valence-corrected chi connectivity index (χ1v) is 18.7. The van der Waals surface area contributed by atoms with Crippen LogP contribution in [0.5, 0.6) is 0 Å². The van der Waals surface area contributed by atoms with Crippen LogP contribution in [0.15, 0.2) is 36.4 Å². The molecular formula is C40H40FN7O6. The Bertz CT molecular complexity index is 2210. The number of amides is 6. The van der Waals surface area contributed by atoms with Crippen LogP contribution in [0.25, 0.3) is 11.1 Å². The van der Waals surface area contributed by atoms with Crippen molar-refractivity contribution in [3.8, 4) is 0 Å². The third-order valence-corrected chi connectivity index (χ3v) is 12.0. The number of imide groups is 2. The van der Waals surface area contributed by atoms with E-state index in [2.05, 4.69) is 25.4 Å².